The lowest BCUT2D eigenvalue weighted by Gasteiger charge is -2.17. The van der Waals surface area contributed by atoms with E-state index >= 15 is 0 Å². The van der Waals surface area contributed by atoms with Crippen LogP contribution in [0.3, 0.4) is 0 Å². The molecule has 2 amide bonds. The number of carbonyl (C=O) groups excluding carboxylic acids is 2. The highest BCUT2D eigenvalue weighted by molar-refractivity contribution is 7.18. The lowest BCUT2D eigenvalue weighted by molar-refractivity contribution is -0.117. The maximum absolute atomic E-state index is 12.8. The molecule has 0 aliphatic carbocycles. The second-order valence-corrected chi connectivity index (χ2v) is 8.65. The third kappa shape index (κ3) is 5.22. The Morgan fingerprint density at radius 1 is 1.25 bits per heavy atom. The summed E-state index contributed by atoms with van der Waals surface area (Å²) in [5, 5.41) is 5.70. The van der Waals surface area contributed by atoms with Crippen molar-refractivity contribution in [3.63, 3.8) is 0 Å². The Kier molecular flexibility index (Phi) is 6.88. The molecule has 1 atom stereocenters. The summed E-state index contributed by atoms with van der Waals surface area (Å²) in [6.07, 6.45) is 3.94. The zero-order valence-electron chi connectivity index (χ0n) is 15.8. The van der Waals surface area contributed by atoms with Crippen molar-refractivity contribution in [1.29, 1.82) is 0 Å². The van der Waals surface area contributed by atoms with Gasteiger partial charge in [-0.15, -0.1) is 17.9 Å². The van der Waals surface area contributed by atoms with Crippen LogP contribution in [0.25, 0.3) is 0 Å². The van der Waals surface area contributed by atoms with Crippen LogP contribution in [0.15, 0.2) is 43.0 Å². The molecule has 0 radical (unpaired) electrons. The van der Waals surface area contributed by atoms with Gasteiger partial charge in [-0.3, -0.25) is 9.59 Å². The van der Waals surface area contributed by atoms with Crippen molar-refractivity contribution in [3.05, 3.63) is 63.3 Å². The van der Waals surface area contributed by atoms with E-state index in [9.17, 15) is 9.59 Å². The minimum absolute atomic E-state index is 0.262. The van der Waals surface area contributed by atoms with Gasteiger partial charge in [-0.25, -0.2) is 0 Å². The molecule has 1 aliphatic rings. The summed E-state index contributed by atoms with van der Waals surface area (Å²) in [4.78, 5) is 27.9. The first-order valence-electron chi connectivity index (χ1n) is 9.24. The Bertz CT molecular complexity index is 880. The van der Waals surface area contributed by atoms with Crippen LogP contribution in [0.1, 0.15) is 27.2 Å². The van der Waals surface area contributed by atoms with Gasteiger partial charge in [0, 0.05) is 18.8 Å². The number of amides is 2. The summed E-state index contributed by atoms with van der Waals surface area (Å²) in [5.74, 6) is -0.578. The number of rotatable bonds is 6. The summed E-state index contributed by atoms with van der Waals surface area (Å²) in [6, 6.07) is 8.66. The van der Waals surface area contributed by atoms with Crippen molar-refractivity contribution >= 4 is 40.4 Å². The normalized spacial score (nSPS) is 15.2. The third-order valence-corrected chi connectivity index (χ3v) is 6.05. The van der Waals surface area contributed by atoms with Crippen LogP contribution in [0, 0.1) is 0 Å². The molecule has 2 heterocycles. The molecule has 1 unspecified atom stereocenters. The van der Waals surface area contributed by atoms with E-state index in [1.807, 2.05) is 12.1 Å². The number of halogens is 1. The Labute approximate surface area is 174 Å². The third-order valence-electron chi connectivity index (χ3n) is 4.82. The van der Waals surface area contributed by atoms with Gasteiger partial charge in [0.05, 0.1) is 9.21 Å². The molecule has 28 heavy (non-hydrogen) atoms. The number of thiophene rings is 1. The second kappa shape index (κ2) is 9.37. The van der Waals surface area contributed by atoms with Gasteiger partial charge in [-0.05, 0) is 61.7 Å². The van der Waals surface area contributed by atoms with E-state index in [1.54, 1.807) is 18.2 Å². The molecule has 5 nitrogen and oxygen atoms in total. The molecule has 148 valence electrons. The zero-order chi connectivity index (χ0) is 20.1. The van der Waals surface area contributed by atoms with Crippen molar-refractivity contribution in [1.82, 2.24) is 10.2 Å². The van der Waals surface area contributed by atoms with Crippen LogP contribution in [-0.4, -0.2) is 42.9 Å². The Hall–Kier alpha value is -2.15. The number of nitrogens with one attached hydrogen (secondary N) is 2. The fraction of sp³-hybridized carbons (Fsp3) is 0.333. The van der Waals surface area contributed by atoms with Crippen LogP contribution in [0.2, 0.25) is 4.34 Å². The average Bonchev–Trinajstić information content (AvgIpc) is 3.02. The molecule has 0 spiro atoms. The summed E-state index contributed by atoms with van der Waals surface area (Å²) < 4.78 is 0.533. The highest BCUT2D eigenvalue weighted by atomic mass is 35.5. The topological polar surface area (TPSA) is 61.4 Å². The summed E-state index contributed by atoms with van der Waals surface area (Å²) in [6.45, 7) is 5.74. The number of nitrogens with zero attached hydrogens (tertiary/aromatic N) is 1. The van der Waals surface area contributed by atoms with Gasteiger partial charge in [0.25, 0.3) is 5.91 Å². The lowest BCUT2D eigenvalue weighted by Crippen LogP contribution is -2.43. The Balaban J connectivity index is 1.68. The maximum atomic E-state index is 12.8. The Morgan fingerprint density at radius 3 is 2.68 bits per heavy atom. The number of fused-ring (bicyclic) bond motifs is 1. The fourth-order valence-electron chi connectivity index (χ4n) is 3.21. The van der Waals surface area contributed by atoms with Crippen molar-refractivity contribution in [2.45, 2.75) is 25.3 Å². The molecule has 2 aromatic rings. The van der Waals surface area contributed by atoms with Crippen LogP contribution in [-0.2, 0) is 17.6 Å². The molecular formula is C21H24ClN3O2S. The minimum atomic E-state index is -0.698. The predicted octanol–water partition coefficient (Wildman–Crippen LogP) is 3.75. The van der Waals surface area contributed by atoms with Crippen LogP contribution >= 0.6 is 22.9 Å². The quantitative estimate of drug-likeness (QED) is 0.704. The molecule has 1 aromatic heterocycles. The molecule has 1 aromatic carbocycles. The number of hydrogen-bond acceptors (Lipinski definition) is 4. The summed E-state index contributed by atoms with van der Waals surface area (Å²) in [5.41, 5.74) is 3.34. The van der Waals surface area contributed by atoms with Crippen LogP contribution < -0.4 is 10.6 Å². The highest BCUT2D eigenvalue weighted by Crippen LogP contribution is 2.22. The van der Waals surface area contributed by atoms with Crippen LogP contribution in [0.4, 0.5) is 5.69 Å². The number of likely N-dealkylation sites (N-methyl/N-ethyl adjacent to an activating group) is 1. The summed E-state index contributed by atoms with van der Waals surface area (Å²) in [7, 11) is 2.12. The van der Waals surface area contributed by atoms with Gasteiger partial charge in [-0.2, -0.15) is 0 Å². The zero-order valence-corrected chi connectivity index (χ0v) is 17.4. The van der Waals surface area contributed by atoms with Gasteiger partial charge in [-0.1, -0.05) is 23.7 Å². The SMILES string of the molecule is C=CCC(NC(=O)c1ccc(Cl)s1)C(=O)Nc1ccc2c(c1)CCN(C)CC2. The van der Waals surface area contributed by atoms with Gasteiger partial charge >= 0.3 is 0 Å². The van der Waals surface area contributed by atoms with Gasteiger partial charge in [0.1, 0.15) is 6.04 Å². The molecule has 1 aliphatic heterocycles. The van der Waals surface area contributed by atoms with E-state index in [4.69, 9.17) is 11.6 Å². The highest BCUT2D eigenvalue weighted by Gasteiger charge is 2.22. The molecule has 0 fully saturated rings. The number of benzene rings is 1. The first kappa shape index (κ1) is 20.6. The van der Waals surface area contributed by atoms with E-state index in [1.165, 1.54) is 22.5 Å². The molecule has 2 N–H and O–H groups in total. The molecule has 7 heteroatoms. The van der Waals surface area contributed by atoms with E-state index < -0.39 is 6.04 Å². The van der Waals surface area contributed by atoms with Crippen molar-refractivity contribution < 1.29 is 9.59 Å². The molecule has 3 rings (SSSR count). The smallest absolute Gasteiger partial charge is 0.262 e. The van der Waals surface area contributed by atoms with Gasteiger partial charge in [0.2, 0.25) is 5.91 Å². The monoisotopic (exact) mass is 417 g/mol. The van der Waals surface area contributed by atoms with Crippen molar-refractivity contribution in [2.75, 3.05) is 25.5 Å². The second-order valence-electron chi connectivity index (χ2n) is 6.93. The van der Waals surface area contributed by atoms with E-state index in [0.717, 1.165) is 31.6 Å². The number of anilines is 1. The predicted molar refractivity (Wildman–Crippen MR) is 115 cm³/mol. The molecule has 0 saturated heterocycles. The van der Waals surface area contributed by atoms with E-state index in [0.29, 0.717) is 15.6 Å². The standard InChI is InChI=1S/C21H24ClN3O2S/c1-3-4-17(24-21(27)18-7-8-19(22)28-18)20(26)23-16-6-5-14-9-11-25(2)12-10-15(14)13-16/h3,5-8,13,17H,1,4,9-12H2,2H3,(H,23,26)(H,24,27). The summed E-state index contributed by atoms with van der Waals surface area (Å²) >= 11 is 7.07. The van der Waals surface area contributed by atoms with Gasteiger partial charge < -0.3 is 15.5 Å². The average molecular weight is 418 g/mol. The number of hydrogen-bond donors (Lipinski definition) is 2. The molecular weight excluding hydrogens is 394 g/mol. The molecule has 0 bridgehead atoms. The Morgan fingerprint density at radius 2 is 2.00 bits per heavy atom. The van der Waals surface area contributed by atoms with E-state index in [2.05, 4.69) is 35.2 Å². The number of carbonyl (C=O) groups is 2. The lowest BCUT2D eigenvalue weighted by atomic mass is 10.0. The van der Waals surface area contributed by atoms with Gasteiger partial charge in [0.15, 0.2) is 0 Å². The largest absolute Gasteiger partial charge is 0.339 e. The first-order valence-corrected chi connectivity index (χ1v) is 10.4. The van der Waals surface area contributed by atoms with Crippen molar-refractivity contribution in [2.24, 2.45) is 0 Å². The van der Waals surface area contributed by atoms with E-state index in [-0.39, 0.29) is 11.8 Å². The maximum Gasteiger partial charge on any atom is 0.262 e. The minimum Gasteiger partial charge on any atom is -0.339 e. The van der Waals surface area contributed by atoms with Crippen LogP contribution in [0.5, 0.6) is 0 Å². The molecule has 0 saturated carbocycles. The van der Waals surface area contributed by atoms with Crippen molar-refractivity contribution in [3.8, 4) is 0 Å². The first-order chi connectivity index (χ1) is 13.5. The fourth-order valence-corrected chi connectivity index (χ4v) is 4.15.